The summed E-state index contributed by atoms with van der Waals surface area (Å²) in [7, 11) is 0. The quantitative estimate of drug-likeness (QED) is 0.485. The second-order valence-corrected chi connectivity index (χ2v) is 9.21. The van der Waals surface area contributed by atoms with Gasteiger partial charge in [-0.1, -0.05) is 41.2 Å². The van der Waals surface area contributed by atoms with E-state index in [1.807, 2.05) is 31.2 Å². The van der Waals surface area contributed by atoms with E-state index in [9.17, 15) is 14.0 Å². The molecule has 1 aliphatic rings. The Morgan fingerprint density at radius 1 is 1.06 bits per heavy atom. The van der Waals surface area contributed by atoms with Gasteiger partial charge < -0.3 is 10.2 Å². The maximum absolute atomic E-state index is 13.0. The number of rotatable bonds is 4. The van der Waals surface area contributed by atoms with Crippen LogP contribution >= 0.6 is 11.3 Å². The second-order valence-electron chi connectivity index (χ2n) is 8.25. The van der Waals surface area contributed by atoms with E-state index in [1.54, 1.807) is 4.90 Å². The van der Waals surface area contributed by atoms with Crippen LogP contribution in [0.15, 0.2) is 59.4 Å². The molecule has 0 bridgehead atoms. The number of aromatic nitrogens is 3. The van der Waals surface area contributed by atoms with Gasteiger partial charge in [0.25, 0.3) is 5.56 Å². The molecule has 1 aliphatic heterocycles. The molecule has 0 unspecified atom stereocenters. The highest BCUT2D eigenvalue weighted by Gasteiger charge is 2.22. The summed E-state index contributed by atoms with van der Waals surface area (Å²) >= 11 is 1.39. The molecule has 5 rings (SSSR count). The average molecular weight is 479 g/mol. The zero-order valence-corrected chi connectivity index (χ0v) is 19.4. The van der Waals surface area contributed by atoms with Crippen molar-refractivity contribution in [2.75, 3.05) is 31.5 Å². The molecule has 2 aromatic carbocycles. The first-order chi connectivity index (χ1) is 16.4. The molecule has 0 spiro atoms. The molecule has 174 valence electrons. The zero-order valence-electron chi connectivity index (χ0n) is 18.6. The van der Waals surface area contributed by atoms with E-state index in [2.05, 4.69) is 20.3 Å². The number of piperazine rings is 1. The average Bonchev–Trinajstić information content (AvgIpc) is 3.26. The predicted molar refractivity (Wildman–Crippen MR) is 130 cm³/mol. The summed E-state index contributed by atoms with van der Waals surface area (Å²) in [5, 5.41) is 7.99. The minimum Gasteiger partial charge on any atom is -0.322 e. The Labute approximate surface area is 199 Å². The summed E-state index contributed by atoms with van der Waals surface area (Å²) in [5.74, 6) is -0.345. The van der Waals surface area contributed by atoms with Crippen LogP contribution in [-0.2, 0) is 6.54 Å². The van der Waals surface area contributed by atoms with Gasteiger partial charge in [-0.3, -0.25) is 9.69 Å². The molecular formula is C24H23FN6O2S. The summed E-state index contributed by atoms with van der Waals surface area (Å²) in [4.78, 5) is 34.2. The zero-order chi connectivity index (χ0) is 23.7. The number of hydrogen-bond acceptors (Lipinski definition) is 6. The molecule has 2 amide bonds. The van der Waals surface area contributed by atoms with Crippen LogP contribution in [0.2, 0.25) is 0 Å². The number of hydrogen-bond donors (Lipinski definition) is 1. The van der Waals surface area contributed by atoms with Crippen LogP contribution in [0, 0.1) is 12.7 Å². The molecule has 10 heteroatoms. The van der Waals surface area contributed by atoms with Crippen molar-refractivity contribution in [3.8, 4) is 10.6 Å². The number of carbonyl (C=O) groups is 1. The number of amides is 2. The fraction of sp³-hybridized carbons (Fsp3) is 0.250. The van der Waals surface area contributed by atoms with Gasteiger partial charge in [-0.05, 0) is 31.2 Å². The van der Waals surface area contributed by atoms with E-state index in [0.717, 1.165) is 16.1 Å². The number of fused-ring (bicyclic) bond motifs is 1. The first kappa shape index (κ1) is 22.2. The van der Waals surface area contributed by atoms with E-state index < -0.39 is 0 Å². The van der Waals surface area contributed by atoms with Gasteiger partial charge in [-0.15, -0.1) is 0 Å². The van der Waals surface area contributed by atoms with Gasteiger partial charge in [0.2, 0.25) is 4.96 Å². The van der Waals surface area contributed by atoms with E-state index in [-0.39, 0.29) is 17.4 Å². The third kappa shape index (κ3) is 4.82. The Balaban J connectivity index is 1.22. The topological polar surface area (TPSA) is 82.8 Å². The van der Waals surface area contributed by atoms with Crippen molar-refractivity contribution in [2.45, 2.75) is 13.5 Å². The van der Waals surface area contributed by atoms with Gasteiger partial charge >= 0.3 is 6.03 Å². The highest BCUT2D eigenvalue weighted by Crippen LogP contribution is 2.24. The third-order valence-corrected chi connectivity index (χ3v) is 6.69. The van der Waals surface area contributed by atoms with Crippen molar-refractivity contribution in [2.24, 2.45) is 0 Å². The Bertz CT molecular complexity index is 1380. The first-order valence-electron chi connectivity index (χ1n) is 11.0. The number of halogens is 1. The fourth-order valence-corrected chi connectivity index (χ4v) is 4.75. The number of anilines is 1. The number of nitrogens with zero attached hydrogens (tertiary/aromatic N) is 5. The van der Waals surface area contributed by atoms with E-state index in [4.69, 9.17) is 0 Å². The summed E-state index contributed by atoms with van der Waals surface area (Å²) in [6, 6.07) is 15.0. The van der Waals surface area contributed by atoms with Crippen LogP contribution in [0.25, 0.3) is 15.5 Å². The van der Waals surface area contributed by atoms with Crippen LogP contribution in [0.5, 0.6) is 0 Å². The lowest BCUT2D eigenvalue weighted by Crippen LogP contribution is -2.49. The number of benzene rings is 2. The largest absolute Gasteiger partial charge is 0.322 e. The molecule has 4 aromatic rings. The molecular weight excluding hydrogens is 455 g/mol. The van der Waals surface area contributed by atoms with Crippen LogP contribution in [0.1, 0.15) is 11.3 Å². The summed E-state index contributed by atoms with van der Waals surface area (Å²) in [6.45, 7) is 4.97. The Morgan fingerprint density at radius 2 is 1.76 bits per heavy atom. The Morgan fingerprint density at radius 3 is 2.47 bits per heavy atom. The Kier molecular flexibility index (Phi) is 6.08. The molecule has 0 radical (unpaired) electrons. The van der Waals surface area contributed by atoms with Crippen LogP contribution < -0.4 is 10.9 Å². The summed E-state index contributed by atoms with van der Waals surface area (Å²) < 4.78 is 14.4. The molecule has 1 fully saturated rings. The maximum atomic E-state index is 13.0. The lowest BCUT2D eigenvalue weighted by Gasteiger charge is -2.34. The van der Waals surface area contributed by atoms with Crippen molar-refractivity contribution in [1.82, 2.24) is 24.4 Å². The Hall–Kier alpha value is -3.63. The number of nitrogens with one attached hydrogen (secondary N) is 1. The SMILES string of the molecule is Cc1ccc(-c2nn3c(=O)cc(CN4CCN(C(=O)Nc5ccc(F)cc5)CC4)nc3s2)cc1. The summed E-state index contributed by atoms with van der Waals surface area (Å²) in [6.07, 6.45) is 0. The molecule has 0 atom stereocenters. The molecule has 1 saturated heterocycles. The number of aryl methyl sites for hydroxylation is 1. The fourth-order valence-electron chi connectivity index (χ4n) is 3.82. The van der Waals surface area contributed by atoms with Crippen LogP contribution in [0.4, 0.5) is 14.9 Å². The van der Waals surface area contributed by atoms with Gasteiger partial charge in [0.1, 0.15) is 10.8 Å². The molecule has 8 nitrogen and oxygen atoms in total. The minimum absolute atomic E-state index is 0.202. The molecule has 1 N–H and O–H groups in total. The number of urea groups is 1. The first-order valence-corrected chi connectivity index (χ1v) is 11.8. The van der Waals surface area contributed by atoms with Crippen molar-refractivity contribution >= 4 is 28.0 Å². The van der Waals surface area contributed by atoms with Crippen LogP contribution in [0.3, 0.4) is 0 Å². The molecule has 0 aliphatic carbocycles. The molecule has 34 heavy (non-hydrogen) atoms. The maximum Gasteiger partial charge on any atom is 0.321 e. The summed E-state index contributed by atoms with van der Waals surface area (Å²) in [5.41, 5.74) is 3.16. The van der Waals surface area contributed by atoms with Gasteiger partial charge in [-0.2, -0.15) is 9.61 Å². The van der Waals surface area contributed by atoms with Crippen molar-refractivity contribution in [3.63, 3.8) is 0 Å². The van der Waals surface area contributed by atoms with Gasteiger partial charge in [0.15, 0.2) is 0 Å². The van der Waals surface area contributed by atoms with E-state index >= 15 is 0 Å². The normalized spacial score (nSPS) is 14.5. The molecule has 0 saturated carbocycles. The van der Waals surface area contributed by atoms with Crippen molar-refractivity contribution < 1.29 is 9.18 Å². The van der Waals surface area contributed by atoms with Gasteiger partial charge in [-0.25, -0.2) is 14.2 Å². The lowest BCUT2D eigenvalue weighted by molar-refractivity contribution is 0.142. The highest BCUT2D eigenvalue weighted by molar-refractivity contribution is 7.19. The highest BCUT2D eigenvalue weighted by atomic mass is 32.1. The minimum atomic E-state index is -0.345. The van der Waals surface area contributed by atoms with Gasteiger partial charge in [0, 0.05) is 50.0 Å². The van der Waals surface area contributed by atoms with E-state index in [1.165, 1.54) is 46.2 Å². The predicted octanol–water partition coefficient (Wildman–Crippen LogP) is 3.62. The second kappa shape index (κ2) is 9.32. The molecule has 2 aromatic heterocycles. The van der Waals surface area contributed by atoms with Crippen molar-refractivity contribution in [3.05, 3.63) is 82.0 Å². The van der Waals surface area contributed by atoms with E-state index in [0.29, 0.717) is 49.1 Å². The van der Waals surface area contributed by atoms with Crippen LogP contribution in [-0.4, -0.2) is 56.6 Å². The smallest absolute Gasteiger partial charge is 0.321 e. The monoisotopic (exact) mass is 478 g/mol. The van der Waals surface area contributed by atoms with Crippen molar-refractivity contribution in [1.29, 1.82) is 0 Å². The van der Waals surface area contributed by atoms with Gasteiger partial charge in [0.05, 0.1) is 5.69 Å². The molecule has 3 heterocycles. The third-order valence-electron chi connectivity index (χ3n) is 5.74. The lowest BCUT2D eigenvalue weighted by atomic mass is 10.2. The standard InChI is InChI=1S/C24H23FN6O2S/c1-16-2-4-17(5-3-16)22-28-31-21(32)14-20(27-24(31)34-22)15-29-10-12-30(13-11-29)23(33)26-19-8-6-18(25)7-9-19/h2-9,14H,10-13,15H2,1H3,(H,26,33). The number of carbonyl (C=O) groups excluding carboxylic acids is 1.